The summed E-state index contributed by atoms with van der Waals surface area (Å²) in [6.07, 6.45) is 1.65. The molecule has 0 bridgehead atoms. The third-order valence-electron chi connectivity index (χ3n) is 3.19. The fourth-order valence-electron chi connectivity index (χ4n) is 2.11. The van der Waals surface area contributed by atoms with Crippen LogP contribution in [0.5, 0.6) is 0 Å². The van der Waals surface area contributed by atoms with Crippen LogP contribution in [0.1, 0.15) is 31.2 Å². The van der Waals surface area contributed by atoms with Crippen molar-refractivity contribution in [1.82, 2.24) is 9.88 Å². The Labute approximate surface area is 114 Å². The number of benzene rings is 1. The van der Waals surface area contributed by atoms with E-state index in [0.29, 0.717) is 22.5 Å². The van der Waals surface area contributed by atoms with Crippen LogP contribution in [0, 0.1) is 0 Å². The molecule has 0 unspecified atom stereocenters. The number of aromatic nitrogens is 1. The summed E-state index contributed by atoms with van der Waals surface area (Å²) < 4.78 is 0. The van der Waals surface area contributed by atoms with Crippen molar-refractivity contribution in [2.45, 2.75) is 0 Å². The number of nitrogens with one attached hydrogen (secondary N) is 2. The maximum Gasteiger partial charge on any atom is 0.272 e. The average Bonchev–Trinajstić information content (AvgIpc) is 3.04. The number of hydrogen-bond acceptors (Lipinski definition) is 3. The fourth-order valence-corrected chi connectivity index (χ4v) is 2.11. The molecule has 1 aliphatic heterocycles. The van der Waals surface area contributed by atoms with Crippen LogP contribution in [0.15, 0.2) is 36.5 Å². The number of amides is 3. The highest BCUT2D eigenvalue weighted by molar-refractivity contribution is 6.21. The lowest BCUT2D eigenvalue weighted by Gasteiger charge is -2.05. The van der Waals surface area contributed by atoms with Crippen molar-refractivity contribution in [2.24, 2.45) is 0 Å². The second-order valence-corrected chi connectivity index (χ2v) is 4.47. The first-order valence-corrected chi connectivity index (χ1v) is 5.99. The molecule has 0 spiro atoms. The number of fused-ring (bicyclic) bond motifs is 1. The Balaban J connectivity index is 1.89. The van der Waals surface area contributed by atoms with E-state index < -0.39 is 0 Å². The first kappa shape index (κ1) is 12.2. The number of hydrogen-bond donors (Lipinski definition) is 2. The van der Waals surface area contributed by atoms with E-state index >= 15 is 0 Å². The van der Waals surface area contributed by atoms with Gasteiger partial charge in [-0.25, -0.2) is 0 Å². The normalized spacial score (nSPS) is 13.6. The highest BCUT2D eigenvalue weighted by Gasteiger charge is 2.32. The van der Waals surface area contributed by atoms with Gasteiger partial charge in [-0.3, -0.25) is 19.3 Å². The van der Waals surface area contributed by atoms with Crippen LogP contribution in [0.3, 0.4) is 0 Å². The Kier molecular flexibility index (Phi) is 2.64. The van der Waals surface area contributed by atoms with Crippen molar-refractivity contribution in [1.29, 1.82) is 0 Å². The zero-order chi connectivity index (χ0) is 14.3. The molecule has 6 nitrogen and oxygen atoms in total. The predicted molar refractivity (Wildman–Crippen MR) is 71.6 cm³/mol. The SMILES string of the molecule is CN1C(=O)c2ccc(NC(=O)c3ccc[nH]3)cc2C1=O. The molecule has 20 heavy (non-hydrogen) atoms. The molecule has 2 aromatic rings. The summed E-state index contributed by atoms with van der Waals surface area (Å²) in [4.78, 5) is 39.3. The van der Waals surface area contributed by atoms with Crippen LogP contribution < -0.4 is 5.32 Å². The van der Waals surface area contributed by atoms with Gasteiger partial charge in [0.2, 0.25) is 0 Å². The molecular formula is C14H11N3O3. The van der Waals surface area contributed by atoms with Gasteiger partial charge in [0.1, 0.15) is 5.69 Å². The van der Waals surface area contributed by atoms with Crippen molar-refractivity contribution in [2.75, 3.05) is 12.4 Å². The summed E-state index contributed by atoms with van der Waals surface area (Å²) in [5, 5.41) is 2.67. The van der Waals surface area contributed by atoms with Gasteiger partial charge in [-0.05, 0) is 30.3 Å². The van der Waals surface area contributed by atoms with E-state index in [1.807, 2.05) is 0 Å². The zero-order valence-corrected chi connectivity index (χ0v) is 10.6. The van der Waals surface area contributed by atoms with Crippen LogP contribution in [0.2, 0.25) is 0 Å². The van der Waals surface area contributed by atoms with Gasteiger partial charge >= 0.3 is 0 Å². The summed E-state index contributed by atoms with van der Waals surface area (Å²) in [5.74, 6) is -0.992. The standard InChI is InChI=1S/C14H11N3O3/c1-17-13(19)9-5-4-8(7-10(9)14(17)20)16-12(18)11-3-2-6-15-11/h2-7,15H,1H3,(H,16,18). The van der Waals surface area contributed by atoms with E-state index in [2.05, 4.69) is 10.3 Å². The minimum Gasteiger partial charge on any atom is -0.357 e. The van der Waals surface area contributed by atoms with Crippen molar-refractivity contribution in [3.8, 4) is 0 Å². The lowest BCUT2D eigenvalue weighted by Crippen LogP contribution is -2.24. The molecule has 2 heterocycles. The molecule has 0 radical (unpaired) electrons. The third kappa shape index (κ3) is 1.78. The lowest BCUT2D eigenvalue weighted by molar-refractivity contribution is 0.0692. The Morgan fingerprint density at radius 3 is 2.60 bits per heavy atom. The van der Waals surface area contributed by atoms with Gasteiger partial charge in [0.05, 0.1) is 11.1 Å². The molecule has 0 aliphatic carbocycles. The van der Waals surface area contributed by atoms with Crippen LogP contribution in [0.25, 0.3) is 0 Å². The predicted octanol–water partition coefficient (Wildman–Crippen LogP) is 1.49. The molecule has 100 valence electrons. The summed E-state index contributed by atoms with van der Waals surface area (Å²) in [6, 6.07) is 8.02. The Hall–Kier alpha value is -2.89. The summed E-state index contributed by atoms with van der Waals surface area (Å²) in [7, 11) is 1.43. The molecule has 1 aliphatic rings. The summed E-state index contributed by atoms with van der Waals surface area (Å²) in [5.41, 5.74) is 1.56. The smallest absolute Gasteiger partial charge is 0.272 e. The minimum atomic E-state index is -0.360. The molecule has 6 heteroatoms. The monoisotopic (exact) mass is 269 g/mol. The van der Waals surface area contributed by atoms with Crippen LogP contribution in [-0.2, 0) is 0 Å². The van der Waals surface area contributed by atoms with Crippen LogP contribution in [0.4, 0.5) is 5.69 Å². The van der Waals surface area contributed by atoms with Gasteiger partial charge in [-0.1, -0.05) is 0 Å². The first-order chi connectivity index (χ1) is 9.58. The molecule has 0 saturated carbocycles. The number of carbonyl (C=O) groups excluding carboxylic acids is 3. The number of H-pyrrole nitrogens is 1. The number of rotatable bonds is 2. The topological polar surface area (TPSA) is 82.3 Å². The van der Waals surface area contributed by atoms with E-state index in [1.54, 1.807) is 30.5 Å². The minimum absolute atomic E-state index is 0.305. The van der Waals surface area contributed by atoms with Gasteiger partial charge < -0.3 is 10.3 Å². The highest BCUT2D eigenvalue weighted by atomic mass is 16.2. The molecule has 1 aromatic heterocycles. The molecule has 0 saturated heterocycles. The Morgan fingerprint density at radius 1 is 1.15 bits per heavy atom. The summed E-state index contributed by atoms with van der Waals surface area (Å²) >= 11 is 0. The zero-order valence-electron chi connectivity index (χ0n) is 10.6. The van der Waals surface area contributed by atoms with Gasteiger partial charge in [-0.2, -0.15) is 0 Å². The number of imide groups is 1. The maximum atomic E-state index is 11.9. The molecule has 2 N–H and O–H groups in total. The Morgan fingerprint density at radius 2 is 1.90 bits per heavy atom. The number of nitrogens with zero attached hydrogens (tertiary/aromatic N) is 1. The van der Waals surface area contributed by atoms with E-state index in [0.717, 1.165) is 4.90 Å². The van der Waals surface area contributed by atoms with E-state index in [9.17, 15) is 14.4 Å². The highest BCUT2D eigenvalue weighted by Crippen LogP contribution is 2.24. The third-order valence-corrected chi connectivity index (χ3v) is 3.19. The van der Waals surface area contributed by atoms with Gasteiger partial charge in [0.15, 0.2) is 0 Å². The lowest BCUT2D eigenvalue weighted by atomic mass is 10.1. The maximum absolute atomic E-state index is 11.9. The molecule has 3 rings (SSSR count). The van der Waals surface area contributed by atoms with Gasteiger partial charge in [0, 0.05) is 18.9 Å². The summed E-state index contributed by atoms with van der Waals surface area (Å²) in [6.45, 7) is 0. The van der Waals surface area contributed by atoms with Crippen molar-refractivity contribution in [3.05, 3.63) is 53.3 Å². The van der Waals surface area contributed by atoms with E-state index in [1.165, 1.54) is 13.1 Å². The molecule has 0 fully saturated rings. The average molecular weight is 269 g/mol. The Bertz CT molecular complexity index is 719. The van der Waals surface area contributed by atoms with Crippen LogP contribution in [-0.4, -0.2) is 34.7 Å². The number of anilines is 1. The van der Waals surface area contributed by atoms with Gasteiger partial charge in [0.25, 0.3) is 17.7 Å². The van der Waals surface area contributed by atoms with Gasteiger partial charge in [-0.15, -0.1) is 0 Å². The number of aromatic amines is 1. The second-order valence-electron chi connectivity index (χ2n) is 4.47. The quantitative estimate of drug-likeness (QED) is 0.810. The largest absolute Gasteiger partial charge is 0.357 e. The fraction of sp³-hybridized carbons (Fsp3) is 0.0714. The van der Waals surface area contributed by atoms with Crippen molar-refractivity contribution in [3.63, 3.8) is 0 Å². The van der Waals surface area contributed by atoms with Crippen molar-refractivity contribution >= 4 is 23.4 Å². The molecular weight excluding hydrogens is 258 g/mol. The van der Waals surface area contributed by atoms with E-state index in [4.69, 9.17) is 0 Å². The van der Waals surface area contributed by atoms with Crippen LogP contribution >= 0.6 is 0 Å². The van der Waals surface area contributed by atoms with Crippen molar-refractivity contribution < 1.29 is 14.4 Å². The second kappa shape index (κ2) is 4.34. The molecule has 0 atom stereocenters. The molecule has 3 amide bonds. The molecule has 1 aromatic carbocycles. The van der Waals surface area contributed by atoms with E-state index in [-0.39, 0.29) is 17.7 Å². The first-order valence-electron chi connectivity index (χ1n) is 5.99. The number of carbonyl (C=O) groups is 3.